The molecule has 0 aliphatic carbocycles. The number of likely N-dealkylation sites (N-methyl/N-ethyl adjacent to an activating group) is 1. The van der Waals surface area contributed by atoms with Crippen molar-refractivity contribution >= 4 is 11.3 Å². The Balaban J connectivity index is 2.11. The number of hydrogen-bond acceptors (Lipinski definition) is 4. The topological polar surface area (TPSA) is 32.5 Å². The number of nitrogens with zero attached hydrogens (tertiary/aromatic N) is 2. The SMILES string of the molecule is CN1CCN(C(CN)c2ccsc2)CC1(C)C. The summed E-state index contributed by atoms with van der Waals surface area (Å²) in [4.78, 5) is 4.97. The van der Waals surface area contributed by atoms with E-state index in [-0.39, 0.29) is 5.54 Å². The zero-order valence-electron chi connectivity index (χ0n) is 11.0. The Morgan fingerprint density at radius 3 is 2.76 bits per heavy atom. The van der Waals surface area contributed by atoms with Crippen molar-refractivity contribution in [2.24, 2.45) is 5.73 Å². The van der Waals surface area contributed by atoms with Gasteiger partial charge in [0.2, 0.25) is 0 Å². The molecule has 0 bridgehead atoms. The van der Waals surface area contributed by atoms with Crippen LogP contribution in [0, 0.1) is 0 Å². The van der Waals surface area contributed by atoms with Gasteiger partial charge in [0.15, 0.2) is 0 Å². The summed E-state index contributed by atoms with van der Waals surface area (Å²) >= 11 is 1.76. The van der Waals surface area contributed by atoms with E-state index in [1.807, 2.05) is 0 Å². The van der Waals surface area contributed by atoms with Crippen molar-refractivity contribution in [1.29, 1.82) is 0 Å². The highest BCUT2D eigenvalue weighted by molar-refractivity contribution is 7.07. The van der Waals surface area contributed by atoms with Crippen LogP contribution in [0.2, 0.25) is 0 Å². The lowest BCUT2D eigenvalue weighted by Gasteiger charge is -2.47. The molecule has 4 heteroatoms. The van der Waals surface area contributed by atoms with Gasteiger partial charge >= 0.3 is 0 Å². The molecule has 1 aliphatic heterocycles. The minimum Gasteiger partial charge on any atom is -0.329 e. The summed E-state index contributed by atoms with van der Waals surface area (Å²) in [6.07, 6.45) is 0. The van der Waals surface area contributed by atoms with Gasteiger partial charge < -0.3 is 5.73 Å². The summed E-state index contributed by atoms with van der Waals surface area (Å²) in [5.74, 6) is 0. The average Bonchev–Trinajstić information content (AvgIpc) is 2.77. The van der Waals surface area contributed by atoms with E-state index < -0.39 is 0 Å². The van der Waals surface area contributed by atoms with Crippen LogP contribution in [0.4, 0.5) is 0 Å². The van der Waals surface area contributed by atoms with Gasteiger partial charge in [-0.15, -0.1) is 0 Å². The Bertz CT molecular complexity index is 348. The smallest absolute Gasteiger partial charge is 0.0480 e. The molecule has 0 radical (unpaired) electrons. The normalized spacial score (nSPS) is 23.8. The van der Waals surface area contributed by atoms with Crippen molar-refractivity contribution in [3.8, 4) is 0 Å². The first-order valence-electron chi connectivity index (χ1n) is 6.22. The van der Waals surface area contributed by atoms with Crippen molar-refractivity contribution in [2.75, 3.05) is 33.2 Å². The number of thiophene rings is 1. The summed E-state index contributed by atoms with van der Waals surface area (Å²) in [5.41, 5.74) is 7.58. The third-order valence-corrected chi connectivity index (χ3v) is 4.64. The molecule has 17 heavy (non-hydrogen) atoms. The Morgan fingerprint density at radius 2 is 2.24 bits per heavy atom. The standard InChI is InChI=1S/C13H23N3S/c1-13(2)10-16(6-5-15(13)3)12(8-14)11-4-7-17-9-11/h4,7,9,12H,5-6,8,10,14H2,1-3H3. The summed E-state index contributed by atoms with van der Waals surface area (Å²) in [6.45, 7) is 8.63. The molecule has 1 atom stereocenters. The van der Waals surface area contributed by atoms with Crippen LogP contribution in [0.25, 0.3) is 0 Å². The first kappa shape index (κ1) is 13.0. The molecule has 0 saturated carbocycles. The van der Waals surface area contributed by atoms with Gasteiger partial charge in [0.1, 0.15) is 0 Å². The molecular weight excluding hydrogens is 230 g/mol. The van der Waals surface area contributed by atoms with Crippen LogP contribution in [0.1, 0.15) is 25.5 Å². The van der Waals surface area contributed by atoms with Gasteiger partial charge in [-0.25, -0.2) is 0 Å². The van der Waals surface area contributed by atoms with Gasteiger partial charge in [-0.3, -0.25) is 9.80 Å². The summed E-state index contributed by atoms with van der Waals surface area (Å²) < 4.78 is 0. The molecule has 0 aromatic carbocycles. The number of hydrogen-bond donors (Lipinski definition) is 1. The summed E-state index contributed by atoms with van der Waals surface area (Å²) in [6, 6.07) is 2.59. The fraction of sp³-hybridized carbons (Fsp3) is 0.692. The Hall–Kier alpha value is -0.420. The van der Waals surface area contributed by atoms with E-state index >= 15 is 0 Å². The number of rotatable bonds is 3. The first-order valence-corrected chi connectivity index (χ1v) is 7.16. The minimum absolute atomic E-state index is 0.238. The molecule has 1 aromatic rings. The van der Waals surface area contributed by atoms with Crippen molar-refractivity contribution in [3.63, 3.8) is 0 Å². The van der Waals surface area contributed by atoms with Crippen LogP contribution in [0.15, 0.2) is 16.8 Å². The third kappa shape index (κ3) is 2.71. The molecule has 2 heterocycles. The van der Waals surface area contributed by atoms with E-state index in [0.717, 1.165) is 19.6 Å². The molecule has 96 valence electrons. The van der Waals surface area contributed by atoms with Crippen LogP contribution in [0.3, 0.4) is 0 Å². The van der Waals surface area contributed by atoms with Crippen LogP contribution in [0.5, 0.6) is 0 Å². The van der Waals surface area contributed by atoms with E-state index in [9.17, 15) is 0 Å². The van der Waals surface area contributed by atoms with Gasteiger partial charge in [0.25, 0.3) is 0 Å². The van der Waals surface area contributed by atoms with Crippen molar-refractivity contribution < 1.29 is 0 Å². The molecule has 0 amide bonds. The fourth-order valence-corrected chi connectivity index (χ4v) is 3.21. The van der Waals surface area contributed by atoms with E-state index in [0.29, 0.717) is 12.6 Å². The van der Waals surface area contributed by atoms with Gasteiger partial charge in [0.05, 0.1) is 0 Å². The number of piperazine rings is 1. The molecule has 1 saturated heterocycles. The zero-order chi connectivity index (χ0) is 12.5. The number of nitrogens with two attached hydrogens (primary N) is 1. The molecule has 1 unspecified atom stereocenters. The lowest BCUT2D eigenvalue weighted by Crippen LogP contribution is -2.58. The first-order chi connectivity index (χ1) is 8.04. The molecule has 1 fully saturated rings. The molecule has 1 aromatic heterocycles. The maximum absolute atomic E-state index is 5.97. The fourth-order valence-electron chi connectivity index (χ4n) is 2.50. The van der Waals surface area contributed by atoms with Crippen molar-refractivity contribution in [1.82, 2.24) is 9.80 Å². The highest BCUT2D eigenvalue weighted by atomic mass is 32.1. The maximum Gasteiger partial charge on any atom is 0.0480 e. The highest BCUT2D eigenvalue weighted by Crippen LogP contribution is 2.28. The van der Waals surface area contributed by atoms with E-state index in [2.05, 4.69) is 47.5 Å². The lowest BCUT2D eigenvalue weighted by atomic mass is 9.97. The van der Waals surface area contributed by atoms with E-state index in [4.69, 9.17) is 5.73 Å². The molecule has 3 nitrogen and oxygen atoms in total. The van der Waals surface area contributed by atoms with E-state index in [1.165, 1.54) is 5.56 Å². The molecule has 2 N–H and O–H groups in total. The second-order valence-corrected chi connectivity index (χ2v) is 6.29. The van der Waals surface area contributed by atoms with Crippen molar-refractivity contribution in [3.05, 3.63) is 22.4 Å². The van der Waals surface area contributed by atoms with Gasteiger partial charge in [-0.1, -0.05) is 0 Å². The third-order valence-electron chi connectivity index (χ3n) is 3.94. The van der Waals surface area contributed by atoms with Crippen molar-refractivity contribution in [2.45, 2.75) is 25.4 Å². The quantitative estimate of drug-likeness (QED) is 0.891. The largest absolute Gasteiger partial charge is 0.329 e. The van der Waals surface area contributed by atoms with Gasteiger partial charge in [0, 0.05) is 37.8 Å². The highest BCUT2D eigenvalue weighted by Gasteiger charge is 2.34. The molecule has 1 aliphatic rings. The second-order valence-electron chi connectivity index (χ2n) is 5.51. The molecular formula is C13H23N3S. The Kier molecular flexibility index (Phi) is 3.88. The van der Waals surface area contributed by atoms with Crippen LogP contribution >= 0.6 is 11.3 Å². The predicted molar refractivity (Wildman–Crippen MR) is 74.4 cm³/mol. The second kappa shape index (κ2) is 5.06. The average molecular weight is 253 g/mol. The monoisotopic (exact) mass is 253 g/mol. The van der Waals surface area contributed by atoms with Crippen LogP contribution < -0.4 is 5.73 Å². The lowest BCUT2D eigenvalue weighted by molar-refractivity contribution is 0.0181. The maximum atomic E-state index is 5.97. The molecule has 0 spiro atoms. The minimum atomic E-state index is 0.238. The van der Waals surface area contributed by atoms with Gasteiger partial charge in [-0.05, 0) is 43.3 Å². The zero-order valence-corrected chi connectivity index (χ0v) is 11.8. The summed E-state index contributed by atoms with van der Waals surface area (Å²) in [7, 11) is 2.21. The molecule has 2 rings (SSSR count). The Labute approximate surface area is 108 Å². The summed E-state index contributed by atoms with van der Waals surface area (Å²) in [5, 5.41) is 4.36. The van der Waals surface area contributed by atoms with Crippen LogP contribution in [-0.4, -0.2) is 48.6 Å². The van der Waals surface area contributed by atoms with E-state index in [1.54, 1.807) is 11.3 Å². The van der Waals surface area contributed by atoms with Gasteiger partial charge in [-0.2, -0.15) is 11.3 Å². The predicted octanol–water partition coefficient (Wildman–Crippen LogP) is 1.77. The van der Waals surface area contributed by atoms with Crippen LogP contribution in [-0.2, 0) is 0 Å². The Morgan fingerprint density at radius 1 is 1.47 bits per heavy atom.